The van der Waals surface area contributed by atoms with E-state index in [0.717, 1.165) is 10.6 Å². The summed E-state index contributed by atoms with van der Waals surface area (Å²) in [5, 5.41) is 5.81. The van der Waals surface area contributed by atoms with Gasteiger partial charge in [-0.1, -0.05) is 30.3 Å². The third-order valence-corrected chi connectivity index (χ3v) is 4.40. The second-order valence-electron chi connectivity index (χ2n) is 2.71. The molecule has 1 atom stereocenters. The van der Waals surface area contributed by atoms with Crippen LogP contribution in [0.3, 0.4) is 0 Å². The quantitative estimate of drug-likeness (QED) is 0.692. The monoisotopic (exact) mass is 208 g/mol. The lowest BCUT2D eigenvalue weighted by molar-refractivity contribution is 0.598. The van der Waals surface area contributed by atoms with E-state index in [0.29, 0.717) is 0 Å². The number of thiophene rings is 1. The van der Waals surface area contributed by atoms with E-state index in [1.54, 1.807) is 11.3 Å². The number of benzene rings is 1. The average molecular weight is 208 g/mol. The third-order valence-electron chi connectivity index (χ3n) is 1.82. The zero-order chi connectivity index (χ0) is 9.10. The highest BCUT2D eigenvalue weighted by Crippen LogP contribution is 2.20. The van der Waals surface area contributed by atoms with Gasteiger partial charge < -0.3 is 4.57 Å². The van der Waals surface area contributed by atoms with Gasteiger partial charge in [0.1, 0.15) is 7.80 Å². The van der Waals surface area contributed by atoms with E-state index in [9.17, 15) is 4.57 Å². The van der Waals surface area contributed by atoms with Gasteiger partial charge in [0.2, 0.25) is 0 Å². The minimum Gasteiger partial charge on any atom is -0.317 e. The lowest BCUT2D eigenvalue weighted by atomic mass is 10.4. The Kier molecular flexibility index (Phi) is 2.62. The van der Waals surface area contributed by atoms with E-state index in [1.807, 2.05) is 47.2 Å². The molecule has 0 aliphatic heterocycles. The molecule has 0 amide bonds. The molecule has 1 unspecified atom stereocenters. The van der Waals surface area contributed by atoms with E-state index >= 15 is 0 Å². The summed E-state index contributed by atoms with van der Waals surface area (Å²) in [5.41, 5.74) is 0. The molecule has 13 heavy (non-hydrogen) atoms. The Bertz CT molecular complexity index is 394. The van der Waals surface area contributed by atoms with Crippen LogP contribution in [0.15, 0.2) is 47.2 Å². The van der Waals surface area contributed by atoms with Gasteiger partial charge in [-0.05, 0) is 11.4 Å². The van der Waals surface area contributed by atoms with Crippen molar-refractivity contribution in [3.05, 3.63) is 47.2 Å². The van der Waals surface area contributed by atoms with E-state index in [4.69, 9.17) is 0 Å². The van der Waals surface area contributed by atoms with Crippen LogP contribution >= 0.6 is 19.1 Å². The fourth-order valence-corrected chi connectivity index (χ4v) is 3.50. The van der Waals surface area contributed by atoms with Gasteiger partial charge in [0.25, 0.3) is 0 Å². The molecule has 0 radical (unpaired) electrons. The first kappa shape index (κ1) is 8.74. The van der Waals surface area contributed by atoms with Gasteiger partial charge in [-0.15, -0.1) is 0 Å². The van der Waals surface area contributed by atoms with Crippen molar-refractivity contribution >= 4 is 29.7 Å². The molecule has 0 fully saturated rings. The summed E-state index contributed by atoms with van der Waals surface area (Å²) < 4.78 is 11.9. The summed E-state index contributed by atoms with van der Waals surface area (Å²) in [4.78, 5) is 0. The summed E-state index contributed by atoms with van der Waals surface area (Å²) in [6.45, 7) is 0. The van der Waals surface area contributed by atoms with Crippen molar-refractivity contribution < 1.29 is 4.57 Å². The minimum absolute atomic E-state index is 0.936. The Hall–Kier alpha value is -0.850. The fourth-order valence-electron chi connectivity index (χ4n) is 1.15. The van der Waals surface area contributed by atoms with Crippen LogP contribution in [0.2, 0.25) is 0 Å². The molecule has 2 aromatic rings. The number of hydrogen-bond acceptors (Lipinski definition) is 2. The van der Waals surface area contributed by atoms with Crippen LogP contribution < -0.4 is 10.6 Å². The standard InChI is InChI=1S/C10H9OPS/c11-12(10-6-7-13-8-10)9-4-2-1-3-5-9/h1-8,12H. The van der Waals surface area contributed by atoms with Crippen LogP contribution in [-0.2, 0) is 4.57 Å². The van der Waals surface area contributed by atoms with Gasteiger partial charge in [-0.2, -0.15) is 11.3 Å². The first-order chi connectivity index (χ1) is 6.38. The molecule has 1 aromatic heterocycles. The van der Waals surface area contributed by atoms with Crippen LogP contribution in [-0.4, -0.2) is 0 Å². The molecule has 0 bridgehead atoms. The molecular formula is C10H9OPS. The zero-order valence-corrected chi connectivity index (χ0v) is 8.75. The van der Waals surface area contributed by atoms with E-state index in [1.165, 1.54) is 0 Å². The second-order valence-corrected chi connectivity index (χ2v) is 5.30. The first-order valence-corrected chi connectivity index (χ1v) is 6.35. The Labute approximate surface area is 81.8 Å². The van der Waals surface area contributed by atoms with Crippen LogP contribution in [0, 0.1) is 0 Å². The van der Waals surface area contributed by atoms with Crippen LogP contribution in [0.25, 0.3) is 0 Å². The van der Waals surface area contributed by atoms with Crippen molar-refractivity contribution in [2.24, 2.45) is 0 Å². The third kappa shape index (κ3) is 1.90. The highest BCUT2D eigenvalue weighted by atomic mass is 32.1. The van der Waals surface area contributed by atoms with Gasteiger partial charge in [-0.25, -0.2) is 0 Å². The maximum atomic E-state index is 11.9. The largest absolute Gasteiger partial charge is 0.317 e. The van der Waals surface area contributed by atoms with Gasteiger partial charge in [0, 0.05) is 16.0 Å². The molecular weight excluding hydrogens is 199 g/mol. The van der Waals surface area contributed by atoms with Gasteiger partial charge in [0.15, 0.2) is 0 Å². The van der Waals surface area contributed by atoms with Crippen molar-refractivity contribution in [1.29, 1.82) is 0 Å². The molecule has 66 valence electrons. The Morgan fingerprint density at radius 3 is 2.38 bits per heavy atom. The van der Waals surface area contributed by atoms with Gasteiger partial charge in [-0.3, -0.25) is 0 Å². The summed E-state index contributed by atoms with van der Waals surface area (Å²) in [5.74, 6) is 0. The molecule has 2 rings (SSSR count). The Morgan fingerprint density at radius 2 is 1.77 bits per heavy atom. The lowest BCUT2D eigenvalue weighted by Gasteiger charge is -1.97. The number of hydrogen-bond donors (Lipinski definition) is 0. The first-order valence-electron chi connectivity index (χ1n) is 4.00. The van der Waals surface area contributed by atoms with Crippen molar-refractivity contribution in [3.8, 4) is 0 Å². The SMILES string of the molecule is O=[PH](c1ccccc1)c1ccsc1. The fraction of sp³-hybridized carbons (Fsp3) is 0. The van der Waals surface area contributed by atoms with Crippen molar-refractivity contribution in [3.63, 3.8) is 0 Å². The average Bonchev–Trinajstić information content (AvgIpc) is 2.71. The molecule has 0 aliphatic rings. The molecule has 1 heterocycles. The van der Waals surface area contributed by atoms with Gasteiger partial charge in [0.05, 0.1) is 0 Å². The normalized spacial score (nSPS) is 12.6. The van der Waals surface area contributed by atoms with E-state index < -0.39 is 7.80 Å². The maximum absolute atomic E-state index is 11.9. The van der Waals surface area contributed by atoms with Crippen molar-refractivity contribution in [1.82, 2.24) is 0 Å². The van der Waals surface area contributed by atoms with E-state index in [2.05, 4.69) is 0 Å². The second kappa shape index (κ2) is 3.91. The molecule has 1 nitrogen and oxygen atoms in total. The Morgan fingerprint density at radius 1 is 1.00 bits per heavy atom. The summed E-state index contributed by atoms with van der Waals surface area (Å²) in [7, 11) is -1.74. The number of rotatable bonds is 2. The molecule has 0 saturated carbocycles. The summed E-state index contributed by atoms with van der Waals surface area (Å²) in [6, 6.07) is 11.5. The minimum atomic E-state index is -1.74. The zero-order valence-electron chi connectivity index (χ0n) is 6.94. The highest BCUT2D eigenvalue weighted by Gasteiger charge is 2.05. The van der Waals surface area contributed by atoms with Crippen molar-refractivity contribution in [2.75, 3.05) is 0 Å². The molecule has 3 heteroatoms. The van der Waals surface area contributed by atoms with Gasteiger partial charge >= 0.3 is 0 Å². The Balaban J connectivity index is 2.34. The maximum Gasteiger partial charge on any atom is 0.132 e. The lowest BCUT2D eigenvalue weighted by Crippen LogP contribution is -2.02. The smallest absolute Gasteiger partial charge is 0.132 e. The van der Waals surface area contributed by atoms with Crippen molar-refractivity contribution in [2.45, 2.75) is 0 Å². The topological polar surface area (TPSA) is 17.1 Å². The van der Waals surface area contributed by atoms with Crippen LogP contribution in [0.5, 0.6) is 0 Å². The van der Waals surface area contributed by atoms with Crippen LogP contribution in [0.1, 0.15) is 0 Å². The predicted octanol–water partition coefficient (Wildman–Crippen LogP) is 2.26. The molecule has 0 N–H and O–H groups in total. The van der Waals surface area contributed by atoms with Crippen LogP contribution in [0.4, 0.5) is 0 Å². The summed E-state index contributed by atoms with van der Waals surface area (Å²) >= 11 is 1.59. The molecule has 0 aliphatic carbocycles. The predicted molar refractivity (Wildman–Crippen MR) is 59.0 cm³/mol. The molecule has 1 aromatic carbocycles. The van der Waals surface area contributed by atoms with E-state index in [-0.39, 0.29) is 0 Å². The highest BCUT2D eigenvalue weighted by molar-refractivity contribution is 7.61. The molecule has 0 saturated heterocycles. The summed E-state index contributed by atoms with van der Waals surface area (Å²) in [6.07, 6.45) is 0. The molecule has 0 spiro atoms.